The van der Waals surface area contributed by atoms with Gasteiger partial charge in [0.2, 0.25) is 0 Å². The van der Waals surface area contributed by atoms with Gasteiger partial charge in [0.05, 0.1) is 18.0 Å². The van der Waals surface area contributed by atoms with E-state index in [1.165, 1.54) is 6.07 Å². The van der Waals surface area contributed by atoms with Crippen molar-refractivity contribution < 1.29 is 18.3 Å². The van der Waals surface area contributed by atoms with E-state index in [1.807, 2.05) is 0 Å². The summed E-state index contributed by atoms with van der Waals surface area (Å²) in [5.41, 5.74) is 0.515. The van der Waals surface area contributed by atoms with Gasteiger partial charge in [0, 0.05) is 10.0 Å². The van der Waals surface area contributed by atoms with Gasteiger partial charge in [-0.3, -0.25) is 0 Å². The Hall–Kier alpha value is -1.93. The molecule has 0 amide bonds. The number of rotatable bonds is 2. The van der Waals surface area contributed by atoms with Gasteiger partial charge in [-0.2, -0.15) is 18.3 Å². The molecule has 3 aromatic rings. The first-order chi connectivity index (χ1) is 10.4. The van der Waals surface area contributed by atoms with E-state index in [9.17, 15) is 18.3 Å². The molecule has 0 aliphatic heterocycles. The molecule has 0 unspecified atom stereocenters. The minimum Gasteiger partial charge on any atom is -0.390 e. The largest absolute Gasteiger partial charge is 0.435 e. The number of aromatic nitrogens is 3. The zero-order chi connectivity index (χ0) is 15.9. The number of halogens is 4. The molecule has 2 aromatic heterocycles. The summed E-state index contributed by atoms with van der Waals surface area (Å²) < 4.78 is 40.2. The van der Waals surface area contributed by atoms with Gasteiger partial charge in [-0.25, -0.2) is 9.50 Å². The van der Waals surface area contributed by atoms with Crippen LogP contribution < -0.4 is 0 Å². The van der Waals surface area contributed by atoms with Crippen molar-refractivity contribution in [2.75, 3.05) is 0 Å². The monoisotopic (exact) mass is 371 g/mol. The summed E-state index contributed by atoms with van der Waals surface area (Å²) in [7, 11) is 0. The van der Waals surface area contributed by atoms with Crippen LogP contribution in [0.1, 0.15) is 11.4 Å². The number of hydrogen-bond donors (Lipinski definition) is 1. The predicted octanol–water partition coefficient (Wildman–Crippen LogP) is 3.67. The van der Waals surface area contributed by atoms with Crippen molar-refractivity contribution in [3.05, 3.63) is 52.3 Å². The molecule has 4 nitrogen and oxygen atoms in total. The second kappa shape index (κ2) is 5.36. The molecule has 0 atom stereocenters. The molecule has 0 spiro atoms. The topological polar surface area (TPSA) is 50.4 Å². The number of hydrogen-bond acceptors (Lipinski definition) is 3. The summed E-state index contributed by atoms with van der Waals surface area (Å²) in [6, 6.07) is 9.20. The van der Waals surface area contributed by atoms with E-state index in [0.29, 0.717) is 11.3 Å². The Kier molecular flexibility index (Phi) is 3.65. The van der Waals surface area contributed by atoms with E-state index < -0.39 is 18.5 Å². The van der Waals surface area contributed by atoms with E-state index in [4.69, 9.17) is 0 Å². The van der Waals surface area contributed by atoms with Gasteiger partial charge in [-0.15, -0.1) is 0 Å². The Morgan fingerprint density at radius 1 is 1.09 bits per heavy atom. The summed E-state index contributed by atoms with van der Waals surface area (Å²) in [5, 5.41) is 13.1. The van der Waals surface area contributed by atoms with Gasteiger partial charge >= 0.3 is 6.18 Å². The summed E-state index contributed by atoms with van der Waals surface area (Å²) in [6.07, 6.45) is -4.55. The summed E-state index contributed by atoms with van der Waals surface area (Å²) >= 11 is 3.31. The Morgan fingerprint density at radius 2 is 1.77 bits per heavy atom. The molecule has 114 valence electrons. The van der Waals surface area contributed by atoms with Crippen LogP contribution in [0.3, 0.4) is 0 Å². The van der Waals surface area contributed by atoms with E-state index in [0.717, 1.165) is 15.1 Å². The van der Waals surface area contributed by atoms with E-state index in [1.54, 1.807) is 24.3 Å². The van der Waals surface area contributed by atoms with Gasteiger partial charge in [0.1, 0.15) is 0 Å². The van der Waals surface area contributed by atoms with Crippen LogP contribution in [0.15, 0.2) is 40.9 Å². The van der Waals surface area contributed by atoms with Crippen LogP contribution in [0.25, 0.3) is 16.9 Å². The van der Waals surface area contributed by atoms with E-state index in [-0.39, 0.29) is 11.3 Å². The highest BCUT2D eigenvalue weighted by Gasteiger charge is 2.33. The first-order valence-electron chi connectivity index (χ1n) is 6.23. The van der Waals surface area contributed by atoms with Crippen LogP contribution in [-0.2, 0) is 12.8 Å². The zero-order valence-corrected chi connectivity index (χ0v) is 12.6. The van der Waals surface area contributed by atoms with E-state index in [2.05, 4.69) is 26.0 Å². The fourth-order valence-corrected chi connectivity index (χ4v) is 2.38. The van der Waals surface area contributed by atoms with Gasteiger partial charge in [-0.1, -0.05) is 28.1 Å². The van der Waals surface area contributed by atoms with Crippen molar-refractivity contribution >= 4 is 21.6 Å². The quantitative estimate of drug-likeness (QED) is 0.747. The number of fused-ring (bicyclic) bond motifs is 1. The second-order valence-electron chi connectivity index (χ2n) is 4.56. The SMILES string of the molecule is OCc1c(-c2ccc(Br)cc2)nc2ccc(C(F)(F)F)nn12. The predicted molar refractivity (Wildman–Crippen MR) is 77.0 cm³/mol. The fourth-order valence-electron chi connectivity index (χ4n) is 2.11. The molecule has 0 fully saturated rings. The lowest BCUT2D eigenvalue weighted by atomic mass is 10.1. The molecule has 3 rings (SSSR count). The minimum absolute atomic E-state index is 0.212. The number of benzene rings is 1. The molecule has 0 bridgehead atoms. The maximum atomic E-state index is 12.8. The van der Waals surface area contributed by atoms with Crippen LogP contribution >= 0.6 is 15.9 Å². The summed E-state index contributed by atoms with van der Waals surface area (Å²) in [4.78, 5) is 4.26. The maximum absolute atomic E-state index is 12.8. The summed E-state index contributed by atoms with van der Waals surface area (Å²) in [5.74, 6) is 0. The number of aliphatic hydroxyl groups is 1. The van der Waals surface area contributed by atoms with Crippen molar-refractivity contribution in [2.24, 2.45) is 0 Å². The molecule has 0 saturated heterocycles. The molecule has 22 heavy (non-hydrogen) atoms. The van der Waals surface area contributed by atoms with Gasteiger partial charge < -0.3 is 5.11 Å². The molecule has 1 N–H and O–H groups in total. The Balaban J connectivity index is 2.22. The molecule has 0 aliphatic carbocycles. The Morgan fingerprint density at radius 3 is 2.36 bits per heavy atom. The molecular formula is C14H9BrF3N3O. The Bertz CT molecular complexity index is 828. The number of alkyl halides is 3. The molecule has 0 saturated carbocycles. The molecular weight excluding hydrogens is 363 g/mol. The molecule has 8 heteroatoms. The van der Waals surface area contributed by atoms with Crippen molar-refractivity contribution in [2.45, 2.75) is 12.8 Å². The second-order valence-corrected chi connectivity index (χ2v) is 5.47. The van der Waals surface area contributed by atoms with Crippen LogP contribution in [-0.4, -0.2) is 19.7 Å². The molecule has 0 aliphatic rings. The van der Waals surface area contributed by atoms with Crippen molar-refractivity contribution in [1.82, 2.24) is 14.6 Å². The van der Waals surface area contributed by atoms with Crippen molar-refractivity contribution in [1.29, 1.82) is 0 Å². The van der Waals surface area contributed by atoms with Gasteiger partial charge in [0.15, 0.2) is 11.3 Å². The van der Waals surface area contributed by atoms with E-state index >= 15 is 0 Å². The molecule has 1 aromatic carbocycles. The number of aliphatic hydroxyl groups excluding tert-OH is 1. The first-order valence-corrected chi connectivity index (χ1v) is 7.02. The zero-order valence-electron chi connectivity index (χ0n) is 11.0. The molecule has 0 radical (unpaired) electrons. The third-order valence-electron chi connectivity index (χ3n) is 3.13. The normalized spacial score (nSPS) is 12.0. The van der Waals surface area contributed by atoms with Crippen LogP contribution in [0.5, 0.6) is 0 Å². The highest BCUT2D eigenvalue weighted by molar-refractivity contribution is 9.10. The number of imidazole rings is 1. The highest BCUT2D eigenvalue weighted by atomic mass is 79.9. The minimum atomic E-state index is -4.55. The fraction of sp³-hybridized carbons (Fsp3) is 0.143. The lowest BCUT2D eigenvalue weighted by Crippen LogP contribution is -2.11. The molecule has 2 heterocycles. The van der Waals surface area contributed by atoms with Crippen molar-refractivity contribution in [3.63, 3.8) is 0 Å². The lowest BCUT2D eigenvalue weighted by molar-refractivity contribution is -0.141. The lowest BCUT2D eigenvalue weighted by Gasteiger charge is -2.06. The van der Waals surface area contributed by atoms with Gasteiger partial charge in [0.25, 0.3) is 0 Å². The van der Waals surface area contributed by atoms with Crippen LogP contribution in [0.4, 0.5) is 13.2 Å². The third kappa shape index (κ3) is 2.59. The maximum Gasteiger partial charge on any atom is 0.435 e. The smallest absolute Gasteiger partial charge is 0.390 e. The Labute approximate surface area is 131 Å². The average molecular weight is 372 g/mol. The van der Waals surface area contributed by atoms with Gasteiger partial charge in [-0.05, 0) is 24.3 Å². The van der Waals surface area contributed by atoms with Crippen LogP contribution in [0.2, 0.25) is 0 Å². The van der Waals surface area contributed by atoms with Crippen molar-refractivity contribution in [3.8, 4) is 11.3 Å². The number of nitrogens with zero attached hydrogens (tertiary/aromatic N) is 3. The average Bonchev–Trinajstić information content (AvgIpc) is 2.84. The summed E-state index contributed by atoms with van der Waals surface area (Å²) in [6.45, 7) is -0.471. The first kappa shape index (κ1) is 15.0. The third-order valence-corrected chi connectivity index (χ3v) is 3.66. The van der Waals surface area contributed by atoms with Crippen LogP contribution in [0, 0.1) is 0 Å². The standard InChI is InChI=1S/C14H9BrF3N3O/c15-9-3-1-8(2-4-9)13-10(7-22)21-12(19-13)6-5-11(20-21)14(16,17)18/h1-6,22H,7H2. The highest BCUT2D eigenvalue weighted by Crippen LogP contribution is 2.30.